The Bertz CT molecular complexity index is 208. The van der Waals surface area contributed by atoms with E-state index in [1.165, 1.54) is 0 Å². The lowest BCUT2D eigenvalue weighted by Crippen LogP contribution is -2.48. The zero-order valence-electron chi connectivity index (χ0n) is 11.2. The van der Waals surface area contributed by atoms with E-state index in [0.29, 0.717) is 0 Å². The molecular formula is C12H26N2O2. The molecule has 4 heteroatoms. The molecule has 0 aromatic carbocycles. The standard InChI is InChI=1S/C12H26N2O2/c1-6-14(7-2)9-8-13-10(11(15)16)12(3,4)5/h10,13H,6-9H2,1-5H3,(H,15,16). The summed E-state index contributed by atoms with van der Waals surface area (Å²) in [6, 6.07) is -0.483. The van der Waals surface area contributed by atoms with Crippen molar-refractivity contribution in [2.75, 3.05) is 26.2 Å². The van der Waals surface area contributed by atoms with Crippen LogP contribution >= 0.6 is 0 Å². The van der Waals surface area contributed by atoms with Crippen LogP contribution in [0.3, 0.4) is 0 Å². The molecule has 0 saturated heterocycles. The van der Waals surface area contributed by atoms with Gasteiger partial charge in [0.25, 0.3) is 0 Å². The van der Waals surface area contributed by atoms with Crippen molar-refractivity contribution in [2.45, 2.75) is 40.7 Å². The van der Waals surface area contributed by atoms with Crippen LogP contribution in [-0.2, 0) is 4.79 Å². The Balaban J connectivity index is 4.09. The van der Waals surface area contributed by atoms with Gasteiger partial charge in [-0.05, 0) is 18.5 Å². The summed E-state index contributed by atoms with van der Waals surface area (Å²) < 4.78 is 0. The molecule has 1 unspecified atom stereocenters. The fraction of sp³-hybridized carbons (Fsp3) is 0.917. The highest BCUT2D eigenvalue weighted by molar-refractivity contribution is 5.74. The summed E-state index contributed by atoms with van der Waals surface area (Å²) in [4.78, 5) is 13.4. The van der Waals surface area contributed by atoms with E-state index >= 15 is 0 Å². The van der Waals surface area contributed by atoms with Crippen molar-refractivity contribution >= 4 is 5.97 Å². The van der Waals surface area contributed by atoms with Crippen LogP contribution in [0.2, 0.25) is 0 Å². The molecule has 0 aliphatic carbocycles. The molecule has 0 radical (unpaired) electrons. The highest BCUT2D eigenvalue weighted by Crippen LogP contribution is 2.19. The second-order valence-corrected chi connectivity index (χ2v) is 5.12. The fourth-order valence-electron chi connectivity index (χ4n) is 1.67. The van der Waals surface area contributed by atoms with Crippen molar-refractivity contribution in [3.05, 3.63) is 0 Å². The van der Waals surface area contributed by atoms with Gasteiger partial charge >= 0.3 is 5.97 Å². The number of carboxylic acid groups (broad SMARTS) is 1. The number of nitrogens with one attached hydrogen (secondary N) is 1. The number of hydrogen-bond acceptors (Lipinski definition) is 3. The average Bonchev–Trinajstić information content (AvgIpc) is 2.15. The lowest BCUT2D eigenvalue weighted by atomic mass is 9.87. The van der Waals surface area contributed by atoms with Crippen molar-refractivity contribution in [1.29, 1.82) is 0 Å². The van der Waals surface area contributed by atoms with Gasteiger partial charge in [0.2, 0.25) is 0 Å². The van der Waals surface area contributed by atoms with Gasteiger partial charge in [-0.25, -0.2) is 0 Å². The number of hydrogen-bond donors (Lipinski definition) is 2. The predicted octanol–water partition coefficient (Wildman–Crippen LogP) is 1.42. The minimum absolute atomic E-state index is 0.255. The summed E-state index contributed by atoms with van der Waals surface area (Å²) >= 11 is 0. The Hall–Kier alpha value is -0.610. The number of carboxylic acids is 1. The van der Waals surface area contributed by atoms with E-state index in [-0.39, 0.29) is 5.41 Å². The maximum absolute atomic E-state index is 11.1. The summed E-state index contributed by atoms with van der Waals surface area (Å²) in [5, 5.41) is 12.2. The minimum atomic E-state index is -0.771. The summed E-state index contributed by atoms with van der Waals surface area (Å²) in [6.45, 7) is 13.7. The fourth-order valence-corrected chi connectivity index (χ4v) is 1.67. The first kappa shape index (κ1) is 15.4. The molecule has 16 heavy (non-hydrogen) atoms. The van der Waals surface area contributed by atoms with E-state index in [2.05, 4.69) is 24.1 Å². The van der Waals surface area contributed by atoms with Crippen molar-refractivity contribution in [1.82, 2.24) is 10.2 Å². The Morgan fingerprint density at radius 3 is 2.12 bits per heavy atom. The van der Waals surface area contributed by atoms with E-state index in [9.17, 15) is 4.79 Å². The Kier molecular flexibility index (Phi) is 6.60. The number of rotatable bonds is 7. The molecule has 0 spiro atoms. The maximum atomic E-state index is 11.1. The van der Waals surface area contributed by atoms with Gasteiger partial charge in [0.15, 0.2) is 0 Å². The molecule has 0 aliphatic rings. The van der Waals surface area contributed by atoms with Crippen LogP contribution < -0.4 is 5.32 Å². The lowest BCUT2D eigenvalue weighted by Gasteiger charge is -2.29. The van der Waals surface area contributed by atoms with Crippen molar-refractivity contribution in [3.8, 4) is 0 Å². The largest absolute Gasteiger partial charge is 0.480 e. The van der Waals surface area contributed by atoms with Crippen LogP contribution in [0.15, 0.2) is 0 Å². The zero-order valence-corrected chi connectivity index (χ0v) is 11.2. The first-order valence-electron chi connectivity index (χ1n) is 6.01. The first-order chi connectivity index (χ1) is 7.32. The van der Waals surface area contributed by atoms with E-state index in [1.54, 1.807) is 0 Å². The summed E-state index contributed by atoms with van der Waals surface area (Å²) in [5.41, 5.74) is -0.255. The lowest BCUT2D eigenvalue weighted by molar-refractivity contribution is -0.142. The van der Waals surface area contributed by atoms with Crippen LogP contribution in [0.4, 0.5) is 0 Å². The van der Waals surface area contributed by atoms with Crippen molar-refractivity contribution in [2.24, 2.45) is 5.41 Å². The summed E-state index contributed by atoms with van der Waals surface area (Å²) in [7, 11) is 0. The molecule has 4 nitrogen and oxygen atoms in total. The number of carbonyl (C=O) groups is 1. The molecule has 0 aliphatic heterocycles. The van der Waals surface area contributed by atoms with Crippen LogP contribution in [0.1, 0.15) is 34.6 Å². The molecule has 0 amide bonds. The average molecular weight is 230 g/mol. The molecule has 0 saturated carbocycles. The van der Waals surface area contributed by atoms with Crippen molar-refractivity contribution in [3.63, 3.8) is 0 Å². The third kappa shape index (κ3) is 5.47. The first-order valence-corrected chi connectivity index (χ1v) is 6.01. The van der Waals surface area contributed by atoms with Gasteiger partial charge in [-0.3, -0.25) is 4.79 Å². The maximum Gasteiger partial charge on any atom is 0.321 e. The molecular weight excluding hydrogens is 204 g/mol. The number of nitrogens with zero attached hydrogens (tertiary/aromatic N) is 1. The summed E-state index contributed by atoms with van der Waals surface area (Å²) in [5.74, 6) is -0.771. The molecule has 0 fully saturated rings. The molecule has 1 atom stereocenters. The van der Waals surface area contributed by atoms with Gasteiger partial charge in [-0.15, -0.1) is 0 Å². The second kappa shape index (κ2) is 6.86. The van der Waals surface area contributed by atoms with Gasteiger partial charge in [-0.1, -0.05) is 34.6 Å². The van der Waals surface area contributed by atoms with Gasteiger partial charge in [-0.2, -0.15) is 0 Å². The number of likely N-dealkylation sites (N-methyl/N-ethyl adjacent to an activating group) is 1. The smallest absolute Gasteiger partial charge is 0.321 e. The van der Waals surface area contributed by atoms with E-state index in [4.69, 9.17) is 5.11 Å². The van der Waals surface area contributed by atoms with Crippen LogP contribution in [0, 0.1) is 5.41 Å². The third-order valence-electron chi connectivity index (χ3n) is 2.78. The van der Waals surface area contributed by atoms with Gasteiger partial charge < -0.3 is 15.3 Å². The quantitative estimate of drug-likeness (QED) is 0.694. The summed E-state index contributed by atoms with van der Waals surface area (Å²) in [6.07, 6.45) is 0. The van der Waals surface area contributed by atoms with Gasteiger partial charge in [0.05, 0.1) is 0 Å². The number of aliphatic carboxylic acids is 1. The van der Waals surface area contributed by atoms with Crippen molar-refractivity contribution < 1.29 is 9.90 Å². The second-order valence-electron chi connectivity index (χ2n) is 5.12. The topological polar surface area (TPSA) is 52.6 Å². The Morgan fingerprint density at radius 1 is 1.31 bits per heavy atom. The van der Waals surface area contributed by atoms with Crippen LogP contribution in [0.25, 0.3) is 0 Å². The third-order valence-corrected chi connectivity index (χ3v) is 2.78. The van der Waals surface area contributed by atoms with Gasteiger partial charge in [0.1, 0.15) is 6.04 Å². The zero-order chi connectivity index (χ0) is 12.8. The predicted molar refractivity (Wildman–Crippen MR) is 66.7 cm³/mol. The highest BCUT2D eigenvalue weighted by atomic mass is 16.4. The van der Waals surface area contributed by atoms with E-state index in [1.807, 2.05) is 20.8 Å². The van der Waals surface area contributed by atoms with Crippen LogP contribution in [-0.4, -0.2) is 48.2 Å². The Labute approximate surface area is 99.0 Å². The molecule has 0 bridgehead atoms. The highest BCUT2D eigenvalue weighted by Gasteiger charge is 2.30. The normalized spacial score (nSPS) is 14.1. The van der Waals surface area contributed by atoms with Gasteiger partial charge in [0, 0.05) is 13.1 Å². The minimum Gasteiger partial charge on any atom is -0.480 e. The molecule has 0 aromatic rings. The molecule has 0 rings (SSSR count). The van der Waals surface area contributed by atoms with E-state index in [0.717, 1.165) is 26.2 Å². The molecule has 0 aromatic heterocycles. The molecule has 0 heterocycles. The Morgan fingerprint density at radius 2 is 1.81 bits per heavy atom. The van der Waals surface area contributed by atoms with E-state index < -0.39 is 12.0 Å². The SMILES string of the molecule is CCN(CC)CCNC(C(=O)O)C(C)(C)C. The molecule has 96 valence electrons. The van der Waals surface area contributed by atoms with Crippen LogP contribution in [0.5, 0.6) is 0 Å². The molecule has 2 N–H and O–H groups in total. The monoisotopic (exact) mass is 230 g/mol.